The summed E-state index contributed by atoms with van der Waals surface area (Å²) < 4.78 is 11.4. The highest BCUT2D eigenvalue weighted by molar-refractivity contribution is 5.28. The summed E-state index contributed by atoms with van der Waals surface area (Å²) in [6.45, 7) is 11.4. The van der Waals surface area contributed by atoms with Crippen molar-refractivity contribution >= 4 is 0 Å². The van der Waals surface area contributed by atoms with Crippen molar-refractivity contribution in [2.75, 3.05) is 65.6 Å². The third-order valence-corrected chi connectivity index (χ3v) is 6.16. The number of rotatable bonds is 6. The zero-order valence-corrected chi connectivity index (χ0v) is 15.9. The molecule has 4 rings (SSSR count). The summed E-state index contributed by atoms with van der Waals surface area (Å²) in [4.78, 5) is 5.06. The van der Waals surface area contributed by atoms with E-state index >= 15 is 0 Å². The summed E-state index contributed by atoms with van der Waals surface area (Å²) in [6.07, 6.45) is 4.06. The fourth-order valence-corrected chi connectivity index (χ4v) is 4.70. The summed E-state index contributed by atoms with van der Waals surface area (Å²) >= 11 is 0. The van der Waals surface area contributed by atoms with Crippen molar-refractivity contribution in [1.82, 2.24) is 15.1 Å². The molecule has 1 atom stereocenters. The molecule has 0 saturated carbocycles. The van der Waals surface area contributed by atoms with Crippen molar-refractivity contribution in [3.8, 4) is 5.75 Å². The summed E-state index contributed by atoms with van der Waals surface area (Å²) in [5, 5.41) is 3.57. The second-order valence-electron chi connectivity index (χ2n) is 8.19. The van der Waals surface area contributed by atoms with Crippen molar-refractivity contribution in [1.29, 1.82) is 0 Å². The van der Waals surface area contributed by atoms with Crippen LogP contribution in [0.2, 0.25) is 0 Å². The highest BCUT2D eigenvalue weighted by Gasteiger charge is 2.37. The number of hydrogen-bond acceptors (Lipinski definition) is 5. The Morgan fingerprint density at radius 1 is 1.12 bits per heavy atom. The topological polar surface area (TPSA) is 37.0 Å². The molecule has 26 heavy (non-hydrogen) atoms. The van der Waals surface area contributed by atoms with E-state index in [1.807, 2.05) is 0 Å². The molecule has 3 aliphatic heterocycles. The van der Waals surface area contributed by atoms with Gasteiger partial charge in [-0.2, -0.15) is 0 Å². The molecule has 0 radical (unpaired) electrons. The standard InChI is InChI=1S/C21H33N3O2/c1-3-19(16-24-8-2-5-21(18-24)6-7-22-17-21)15-20(4-1)26-14-11-23-9-12-25-13-10-23/h1,3-4,15,22H,2,5-14,16-18H2. The van der Waals surface area contributed by atoms with Gasteiger partial charge in [0.25, 0.3) is 0 Å². The van der Waals surface area contributed by atoms with Crippen LogP contribution in [0.15, 0.2) is 24.3 Å². The first-order chi connectivity index (χ1) is 12.8. The first-order valence-electron chi connectivity index (χ1n) is 10.3. The molecule has 144 valence electrons. The molecule has 0 bridgehead atoms. The van der Waals surface area contributed by atoms with Gasteiger partial charge in [0.2, 0.25) is 0 Å². The van der Waals surface area contributed by atoms with Gasteiger partial charge in [-0.1, -0.05) is 12.1 Å². The van der Waals surface area contributed by atoms with Crippen LogP contribution in [0.3, 0.4) is 0 Å². The smallest absolute Gasteiger partial charge is 0.119 e. The van der Waals surface area contributed by atoms with Gasteiger partial charge in [0, 0.05) is 39.3 Å². The molecule has 3 saturated heterocycles. The van der Waals surface area contributed by atoms with E-state index in [0.717, 1.165) is 51.7 Å². The first-order valence-corrected chi connectivity index (χ1v) is 10.3. The Balaban J connectivity index is 1.27. The number of nitrogens with zero attached hydrogens (tertiary/aromatic N) is 2. The van der Waals surface area contributed by atoms with Crippen LogP contribution in [-0.4, -0.2) is 75.4 Å². The molecule has 1 aromatic rings. The Morgan fingerprint density at radius 3 is 2.88 bits per heavy atom. The highest BCUT2D eigenvalue weighted by atomic mass is 16.5. The zero-order valence-electron chi connectivity index (χ0n) is 15.9. The molecule has 1 aromatic carbocycles. The largest absolute Gasteiger partial charge is 0.492 e. The lowest BCUT2D eigenvalue weighted by Gasteiger charge is -2.40. The van der Waals surface area contributed by atoms with Gasteiger partial charge in [0.05, 0.1) is 13.2 Å². The molecule has 5 heteroatoms. The Morgan fingerprint density at radius 2 is 2.04 bits per heavy atom. The van der Waals surface area contributed by atoms with Crippen LogP contribution in [0.4, 0.5) is 0 Å². The summed E-state index contributed by atoms with van der Waals surface area (Å²) in [5.41, 5.74) is 1.90. The van der Waals surface area contributed by atoms with Crippen molar-refractivity contribution in [2.24, 2.45) is 5.41 Å². The molecule has 3 aliphatic rings. The van der Waals surface area contributed by atoms with Crippen LogP contribution in [0.5, 0.6) is 5.75 Å². The lowest BCUT2D eigenvalue weighted by atomic mass is 9.79. The van der Waals surface area contributed by atoms with Gasteiger partial charge in [0.15, 0.2) is 0 Å². The van der Waals surface area contributed by atoms with Crippen molar-refractivity contribution in [3.05, 3.63) is 29.8 Å². The van der Waals surface area contributed by atoms with Crippen LogP contribution in [0, 0.1) is 5.41 Å². The highest BCUT2D eigenvalue weighted by Crippen LogP contribution is 2.36. The number of likely N-dealkylation sites (tertiary alicyclic amines) is 1. The molecule has 0 amide bonds. The van der Waals surface area contributed by atoms with Crippen LogP contribution in [0.25, 0.3) is 0 Å². The average Bonchev–Trinajstić information content (AvgIpc) is 3.10. The summed E-state index contributed by atoms with van der Waals surface area (Å²) in [7, 11) is 0. The van der Waals surface area contributed by atoms with Crippen LogP contribution < -0.4 is 10.1 Å². The number of hydrogen-bond donors (Lipinski definition) is 1. The van der Waals surface area contributed by atoms with E-state index < -0.39 is 0 Å². The normalized spacial score (nSPS) is 27.8. The SMILES string of the molecule is c1cc(CN2CCCC3(CCNC3)C2)cc(OCCN2CCOCC2)c1. The number of nitrogens with one attached hydrogen (secondary N) is 1. The van der Waals surface area contributed by atoms with Gasteiger partial charge in [-0.25, -0.2) is 0 Å². The van der Waals surface area contributed by atoms with E-state index in [-0.39, 0.29) is 0 Å². The Hall–Kier alpha value is -1.14. The van der Waals surface area contributed by atoms with E-state index in [9.17, 15) is 0 Å². The quantitative estimate of drug-likeness (QED) is 0.841. The molecule has 1 unspecified atom stereocenters. The lowest BCUT2D eigenvalue weighted by molar-refractivity contribution is 0.0322. The van der Waals surface area contributed by atoms with Crippen molar-refractivity contribution < 1.29 is 9.47 Å². The monoisotopic (exact) mass is 359 g/mol. The molecular weight excluding hydrogens is 326 g/mol. The Kier molecular flexibility index (Phi) is 6.10. The van der Waals surface area contributed by atoms with E-state index in [4.69, 9.17) is 9.47 Å². The number of morpholine rings is 1. The molecule has 0 aromatic heterocycles. The molecule has 3 heterocycles. The predicted molar refractivity (Wildman–Crippen MR) is 104 cm³/mol. The van der Waals surface area contributed by atoms with Crippen LogP contribution in [-0.2, 0) is 11.3 Å². The van der Waals surface area contributed by atoms with Gasteiger partial charge in [-0.15, -0.1) is 0 Å². The maximum atomic E-state index is 6.02. The van der Waals surface area contributed by atoms with E-state index in [0.29, 0.717) is 5.41 Å². The predicted octanol–water partition coefficient (Wildman–Crippen LogP) is 1.97. The lowest BCUT2D eigenvalue weighted by Crippen LogP contribution is -2.43. The van der Waals surface area contributed by atoms with Gasteiger partial charge in [0.1, 0.15) is 12.4 Å². The number of ether oxygens (including phenoxy) is 2. The minimum absolute atomic E-state index is 0.532. The number of piperidine rings is 1. The van der Waals surface area contributed by atoms with Gasteiger partial charge < -0.3 is 14.8 Å². The summed E-state index contributed by atoms with van der Waals surface area (Å²) in [5.74, 6) is 1.00. The molecule has 5 nitrogen and oxygen atoms in total. The second-order valence-corrected chi connectivity index (χ2v) is 8.19. The maximum Gasteiger partial charge on any atom is 0.119 e. The molecule has 1 spiro atoms. The fourth-order valence-electron chi connectivity index (χ4n) is 4.70. The third kappa shape index (κ3) is 4.77. The third-order valence-electron chi connectivity index (χ3n) is 6.16. The molecular formula is C21H33N3O2. The van der Waals surface area contributed by atoms with Crippen LogP contribution in [0.1, 0.15) is 24.8 Å². The molecule has 3 fully saturated rings. The molecule has 1 N–H and O–H groups in total. The van der Waals surface area contributed by atoms with Crippen molar-refractivity contribution in [2.45, 2.75) is 25.8 Å². The zero-order chi connectivity index (χ0) is 17.7. The fraction of sp³-hybridized carbons (Fsp3) is 0.714. The second kappa shape index (κ2) is 8.70. The van der Waals surface area contributed by atoms with Gasteiger partial charge >= 0.3 is 0 Å². The minimum atomic E-state index is 0.532. The maximum absolute atomic E-state index is 6.02. The first kappa shape index (κ1) is 18.2. The van der Waals surface area contributed by atoms with Crippen molar-refractivity contribution in [3.63, 3.8) is 0 Å². The van der Waals surface area contributed by atoms with Gasteiger partial charge in [-0.05, 0) is 55.5 Å². The molecule has 0 aliphatic carbocycles. The number of benzene rings is 1. The Bertz CT molecular complexity index is 568. The van der Waals surface area contributed by atoms with E-state index in [1.54, 1.807) is 0 Å². The van der Waals surface area contributed by atoms with E-state index in [2.05, 4.69) is 39.4 Å². The summed E-state index contributed by atoms with van der Waals surface area (Å²) in [6, 6.07) is 8.69. The minimum Gasteiger partial charge on any atom is -0.492 e. The van der Waals surface area contributed by atoms with Gasteiger partial charge in [-0.3, -0.25) is 9.80 Å². The Labute approximate surface area is 157 Å². The average molecular weight is 360 g/mol. The van der Waals surface area contributed by atoms with Crippen LogP contribution >= 0.6 is 0 Å². The van der Waals surface area contributed by atoms with E-state index in [1.165, 1.54) is 51.0 Å².